The van der Waals surface area contributed by atoms with E-state index in [0.717, 1.165) is 27.7 Å². The number of hydrogen-bond acceptors (Lipinski definition) is 15. The first-order valence-corrected chi connectivity index (χ1v) is 12.6. The largest absolute Gasteiger partial charge is 1.00 e. The number of carboxylic acid groups (broad SMARTS) is 1. The van der Waals surface area contributed by atoms with Gasteiger partial charge in [-0.1, -0.05) is 0 Å². The fraction of sp³-hybridized carbons (Fsp3) is 0.952. The first-order valence-electron chi connectivity index (χ1n) is 11.3. The zero-order valence-electron chi connectivity index (χ0n) is 24.2. The van der Waals surface area contributed by atoms with Crippen molar-refractivity contribution >= 4 is 16.4 Å². The number of methoxy groups -OCH3 is 1. The third kappa shape index (κ3) is 6.04. The Morgan fingerprint density at radius 3 is 1.87 bits per heavy atom. The third-order valence-corrected chi connectivity index (χ3v) is 9.00. The number of rotatable bonds is 8. The fourth-order valence-electron chi connectivity index (χ4n) is 5.14. The molecule has 10 unspecified atom stereocenters. The molecule has 39 heavy (non-hydrogen) atoms. The van der Waals surface area contributed by atoms with Gasteiger partial charge in [0, 0.05) is 7.11 Å². The summed E-state index contributed by atoms with van der Waals surface area (Å²) in [7, 11) is -2.63. The van der Waals surface area contributed by atoms with E-state index in [0.29, 0.717) is 0 Å². The molecular formula is C21H37NNa2O14S. The van der Waals surface area contributed by atoms with E-state index in [4.69, 9.17) is 18.9 Å². The van der Waals surface area contributed by atoms with Crippen LogP contribution in [-0.2, 0) is 38.3 Å². The number of hydrogen-bond donors (Lipinski definition) is 5. The van der Waals surface area contributed by atoms with Crippen LogP contribution in [0.1, 0.15) is 48.5 Å². The molecule has 2 fully saturated rings. The van der Waals surface area contributed by atoms with Crippen molar-refractivity contribution in [2.75, 3.05) is 20.8 Å². The first-order chi connectivity index (χ1) is 16.3. The summed E-state index contributed by atoms with van der Waals surface area (Å²) < 4.78 is 60.8. The zero-order chi connectivity index (χ0) is 29.3. The minimum absolute atomic E-state index is 0. The standard InChI is InChI=1S/C21H39NO14S.2Na/c1-15(10-33-37(29,30)31)11(32-9)17(3,26)16(2,22-8)14(35-15)36-21(7)19(5,12(23)24)34-13(25)18(4,27)20(21,6)28;;/h11,13-14,22,25-28H,10H2,1-9H3,(H,23,24)(H,29,30,31);;/q;2*+1/p-2. The molecule has 0 saturated carbocycles. The van der Waals surface area contributed by atoms with Gasteiger partial charge in [-0.05, 0) is 55.5 Å². The van der Waals surface area contributed by atoms with E-state index < -0.39 is 80.8 Å². The van der Waals surface area contributed by atoms with Gasteiger partial charge in [-0.15, -0.1) is 0 Å². The van der Waals surface area contributed by atoms with E-state index in [9.17, 15) is 43.3 Å². The summed E-state index contributed by atoms with van der Waals surface area (Å²) in [5.74, 6) is -1.93. The van der Waals surface area contributed by atoms with Gasteiger partial charge in [-0.3, -0.25) is 4.18 Å². The first kappa shape index (κ1) is 40.0. The minimum atomic E-state index is -5.22. The summed E-state index contributed by atoms with van der Waals surface area (Å²) in [6.45, 7) is 6.99. The quantitative estimate of drug-likeness (QED) is 0.0981. The molecule has 0 aliphatic carbocycles. The van der Waals surface area contributed by atoms with Gasteiger partial charge >= 0.3 is 59.1 Å². The number of aliphatic hydroxyl groups is 4. The fourth-order valence-corrected chi connectivity index (χ4v) is 5.52. The molecule has 2 aliphatic rings. The van der Waals surface area contributed by atoms with E-state index in [2.05, 4.69) is 9.50 Å². The molecule has 10 atom stereocenters. The molecule has 5 N–H and O–H groups in total. The molecule has 2 saturated heterocycles. The van der Waals surface area contributed by atoms with Gasteiger partial charge in [0.05, 0.1) is 18.1 Å². The molecule has 0 bridgehead atoms. The Morgan fingerprint density at radius 2 is 1.49 bits per heavy atom. The second kappa shape index (κ2) is 12.2. The maximum Gasteiger partial charge on any atom is 1.00 e. The van der Waals surface area contributed by atoms with Crippen LogP contribution in [0.15, 0.2) is 0 Å². The van der Waals surface area contributed by atoms with Crippen molar-refractivity contribution in [2.45, 2.75) is 106 Å². The summed E-state index contributed by atoms with van der Waals surface area (Å²) in [4.78, 5) is 12.3. The maximum atomic E-state index is 12.3. The van der Waals surface area contributed by atoms with E-state index in [-0.39, 0.29) is 59.1 Å². The summed E-state index contributed by atoms with van der Waals surface area (Å²) in [6, 6.07) is 0. The van der Waals surface area contributed by atoms with Crippen molar-refractivity contribution in [2.24, 2.45) is 0 Å². The van der Waals surface area contributed by atoms with Gasteiger partial charge in [0.1, 0.15) is 39.7 Å². The van der Waals surface area contributed by atoms with Crippen LogP contribution in [-0.4, -0.2) is 118 Å². The number of ether oxygens (including phenoxy) is 4. The molecule has 0 aromatic rings. The monoisotopic (exact) mass is 605 g/mol. The smallest absolute Gasteiger partial charge is 0.726 e. The van der Waals surface area contributed by atoms with Crippen molar-refractivity contribution in [3.8, 4) is 0 Å². The molecule has 0 amide bonds. The Bertz CT molecular complexity index is 1010. The number of carbonyl (C=O) groups is 1. The number of carbonyl (C=O) groups excluding carboxylic acids is 1. The summed E-state index contributed by atoms with van der Waals surface area (Å²) in [5, 5.41) is 59.6. The molecule has 2 heterocycles. The van der Waals surface area contributed by atoms with Crippen molar-refractivity contribution in [3.05, 3.63) is 0 Å². The molecule has 18 heteroatoms. The Labute approximate surface area is 272 Å². The Kier molecular flexibility index (Phi) is 12.5. The molecule has 15 nitrogen and oxygen atoms in total. The molecule has 218 valence electrons. The Hall–Kier alpha value is 0.980. The summed E-state index contributed by atoms with van der Waals surface area (Å²) in [5.41, 5.74) is -15.9. The van der Waals surface area contributed by atoms with E-state index in [1.807, 2.05) is 0 Å². The Balaban J connectivity index is 0.00000722. The predicted molar refractivity (Wildman–Crippen MR) is 119 cm³/mol. The van der Waals surface area contributed by atoms with Gasteiger partial charge in [-0.2, -0.15) is 0 Å². The molecule has 2 rings (SSSR count). The van der Waals surface area contributed by atoms with Crippen LogP contribution in [0.2, 0.25) is 0 Å². The topological polar surface area (TPSA) is 236 Å². The van der Waals surface area contributed by atoms with Crippen LogP contribution in [0.5, 0.6) is 0 Å². The Morgan fingerprint density at radius 1 is 1.00 bits per heavy atom. The van der Waals surface area contributed by atoms with Crippen LogP contribution < -0.4 is 69.5 Å². The van der Waals surface area contributed by atoms with Crippen molar-refractivity contribution in [3.63, 3.8) is 0 Å². The summed E-state index contributed by atoms with van der Waals surface area (Å²) in [6.07, 6.45) is -5.36. The molecule has 0 spiro atoms. The second-order valence-corrected chi connectivity index (χ2v) is 11.9. The number of aliphatic hydroxyl groups excluding tert-OH is 1. The van der Waals surface area contributed by atoms with Crippen LogP contribution in [0.4, 0.5) is 0 Å². The van der Waals surface area contributed by atoms with Gasteiger partial charge < -0.3 is 59.1 Å². The van der Waals surface area contributed by atoms with Crippen molar-refractivity contribution in [1.82, 2.24) is 5.32 Å². The number of carboxylic acids is 1. The van der Waals surface area contributed by atoms with E-state index in [1.54, 1.807) is 0 Å². The molecular weight excluding hydrogens is 568 g/mol. The molecule has 0 aromatic heterocycles. The van der Waals surface area contributed by atoms with E-state index >= 15 is 0 Å². The van der Waals surface area contributed by atoms with Gasteiger partial charge in [0.25, 0.3) is 0 Å². The number of likely N-dealkylation sites (N-methyl/N-ethyl adjacent to an activating group) is 1. The SMILES string of the molecule is CNC1(C)C(OC2(C)C(C)(C(=O)[O-])OC(O)C(C)(O)C2(C)O)OC(C)(COS(=O)(=O)[O-])C(OC)C1(C)O.[Na+].[Na+]. The van der Waals surface area contributed by atoms with Gasteiger partial charge in [0.15, 0.2) is 12.6 Å². The zero-order valence-corrected chi connectivity index (χ0v) is 29.0. The predicted octanol–water partition coefficient (Wildman–Crippen LogP) is -9.54. The average molecular weight is 606 g/mol. The minimum Gasteiger partial charge on any atom is -0.726 e. The van der Waals surface area contributed by atoms with Crippen LogP contribution in [0, 0.1) is 0 Å². The molecule has 2 aliphatic heterocycles. The average Bonchev–Trinajstić information content (AvgIpc) is 2.74. The number of aliphatic carboxylic acids is 1. The van der Waals surface area contributed by atoms with Gasteiger partial charge in [-0.25, -0.2) is 8.42 Å². The van der Waals surface area contributed by atoms with Crippen LogP contribution in [0.3, 0.4) is 0 Å². The van der Waals surface area contributed by atoms with Crippen molar-refractivity contribution in [1.29, 1.82) is 0 Å². The van der Waals surface area contributed by atoms with Crippen molar-refractivity contribution < 1.29 is 126 Å². The number of nitrogens with one attached hydrogen (secondary N) is 1. The van der Waals surface area contributed by atoms with E-state index in [1.165, 1.54) is 34.9 Å². The van der Waals surface area contributed by atoms with Gasteiger partial charge in [0.2, 0.25) is 10.4 Å². The third-order valence-electron chi connectivity index (χ3n) is 8.59. The normalized spacial score (nSPS) is 48.5. The molecule has 0 aromatic carbocycles. The molecule has 0 radical (unpaired) electrons. The summed E-state index contributed by atoms with van der Waals surface area (Å²) >= 11 is 0. The van der Waals surface area contributed by atoms with Crippen LogP contribution >= 0.6 is 0 Å². The van der Waals surface area contributed by atoms with Crippen LogP contribution in [0.25, 0.3) is 0 Å². The second-order valence-electron chi connectivity index (χ2n) is 10.8. The maximum absolute atomic E-state index is 12.3.